The molecule has 0 atom stereocenters. The fourth-order valence-electron chi connectivity index (χ4n) is 3.00. The third kappa shape index (κ3) is 5.76. The quantitative estimate of drug-likeness (QED) is 0.701. The summed E-state index contributed by atoms with van der Waals surface area (Å²) in [6.45, 7) is 1.42. The van der Waals surface area contributed by atoms with Gasteiger partial charge in [0, 0.05) is 42.3 Å². The summed E-state index contributed by atoms with van der Waals surface area (Å²) in [7, 11) is 1.64. The summed E-state index contributed by atoms with van der Waals surface area (Å²) in [5.41, 5.74) is 1.81. The number of likely N-dealkylation sites (tertiary alicyclic amines) is 1. The molecule has 1 saturated heterocycles. The van der Waals surface area contributed by atoms with Gasteiger partial charge in [-0.15, -0.1) is 11.8 Å². The number of nitrogens with zero attached hydrogens (tertiary/aromatic N) is 1. The maximum atomic E-state index is 12.2. The molecule has 5 nitrogen and oxygen atoms in total. The molecule has 1 fully saturated rings. The summed E-state index contributed by atoms with van der Waals surface area (Å²) in [6.07, 6.45) is 2.01. The van der Waals surface area contributed by atoms with E-state index in [9.17, 15) is 9.59 Å². The van der Waals surface area contributed by atoms with Crippen molar-refractivity contribution in [2.75, 3.05) is 24.7 Å². The molecule has 0 spiro atoms. The molecule has 0 saturated carbocycles. The Morgan fingerprint density at radius 2 is 2.04 bits per heavy atom. The number of rotatable bonds is 8. The zero-order chi connectivity index (χ0) is 19.1. The number of thioether (sulfide) groups is 1. The van der Waals surface area contributed by atoms with Crippen molar-refractivity contribution in [1.82, 2.24) is 4.90 Å². The van der Waals surface area contributed by atoms with Gasteiger partial charge in [0.05, 0.1) is 7.11 Å². The lowest BCUT2D eigenvalue weighted by atomic mass is 10.2. The first-order valence-corrected chi connectivity index (χ1v) is 10.1. The summed E-state index contributed by atoms with van der Waals surface area (Å²) in [4.78, 5) is 26.9. The fourth-order valence-corrected chi connectivity index (χ4v) is 3.85. The second-order valence-corrected chi connectivity index (χ2v) is 7.61. The van der Waals surface area contributed by atoms with Crippen molar-refractivity contribution in [2.24, 2.45) is 0 Å². The second-order valence-electron chi connectivity index (χ2n) is 6.44. The van der Waals surface area contributed by atoms with Crippen molar-refractivity contribution < 1.29 is 14.3 Å². The average Bonchev–Trinajstić information content (AvgIpc) is 3.07. The molecule has 0 unspecified atom stereocenters. The molecule has 142 valence electrons. The van der Waals surface area contributed by atoms with E-state index in [1.165, 1.54) is 0 Å². The number of hydrogen-bond acceptors (Lipinski definition) is 4. The largest absolute Gasteiger partial charge is 0.497 e. The minimum Gasteiger partial charge on any atom is -0.497 e. The highest BCUT2D eigenvalue weighted by atomic mass is 32.2. The third-order valence-electron chi connectivity index (χ3n) is 4.41. The van der Waals surface area contributed by atoms with E-state index in [1.54, 1.807) is 18.9 Å². The van der Waals surface area contributed by atoms with Gasteiger partial charge in [-0.2, -0.15) is 0 Å². The van der Waals surface area contributed by atoms with E-state index >= 15 is 0 Å². The monoisotopic (exact) mass is 384 g/mol. The van der Waals surface area contributed by atoms with E-state index in [0.717, 1.165) is 34.9 Å². The molecule has 1 N–H and O–H groups in total. The van der Waals surface area contributed by atoms with Crippen molar-refractivity contribution in [3.63, 3.8) is 0 Å². The van der Waals surface area contributed by atoms with Crippen LogP contribution in [0, 0.1) is 0 Å². The molecule has 1 heterocycles. The van der Waals surface area contributed by atoms with Crippen LogP contribution in [-0.2, 0) is 16.1 Å². The van der Waals surface area contributed by atoms with Crippen LogP contribution < -0.4 is 10.1 Å². The molecule has 0 aromatic heterocycles. The zero-order valence-corrected chi connectivity index (χ0v) is 16.3. The second kappa shape index (κ2) is 9.46. The lowest BCUT2D eigenvalue weighted by molar-refractivity contribution is -0.128. The highest BCUT2D eigenvalue weighted by Gasteiger charge is 2.20. The van der Waals surface area contributed by atoms with Crippen molar-refractivity contribution in [1.29, 1.82) is 0 Å². The predicted octanol–water partition coefficient (Wildman–Crippen LogP) is 3.94. The first-order chi connectivity index (χ1) is 13.1. The van der Waals surface area contributed by atoms with Crippen molar-refractivity contribution in [3.05, 3.63) is 54.1 Å². The molecule has 6 heteroatoms. The van der Waals surface area contributed by atoms with Gasteiger partial charge in [0.15, 0.2) is 0 Å². The average molecular weight is 385 g/mol. The van der Waals surface area contributed by atoms with Crippen LogP contribution in [-0.4, -0.2) is 36.1 Å². The van der Waals surface area contributed by atoms with Crippen LogP contribution >= 0.6 is 11.8 Å². The number of carbonyl (C=O) groups is 2. The van der Waals surface area contributed by atoms with Gasteiger partial charge in [-0.05, 0) is 48.4 Å². The Hall–Kier alpha value is -2.47. The van der Waals surface area contributed by atoms with Crippen molar-refractivity contribution >= 4 is 29.3 Å². The Morgan fingerprint density at radius 3 is 2.74 bits per heavy atom. The number of nitrogens with one attached hydrogen (secondary N) is 1. The summed E-state index contributed by atoms with van der Waals surface area (Å²) >= 11 is 1.64. The summed E-state index contributed by atoms with van der Waals surface area (Å²) < 4.78 is 5.14. The number of amides is 2. The van der Waals surface area contributed by atoms with E-state index in [-0.39, 0.29) is 11.8 Å². The van der Waals surface area contributed by atoms with Crippen LogP contribution in [0.2, 0.25) is 0 Å². The van der Waals surface area contributed by atoms with Crippen LogP contribution in [0.3, 0.4) is 0 Å². The standard InChI is InChI=1S/C21H24N2O3S/c1-26-18-7-9-19(10-8-18)27-13-11-20(24)22-17-5-2-4-16(14-17)15-23-12-3-6-21(23)25/h2,4-5,7-10,14H,3,6,11-13,15H2,1H3,(H,22,24). The minimum absolute atomic E-state index is 0.00888. The lowest BCUT2D eigenvalue weighted by Gasteiger charge is -2.16. The van der Waals surface area contributed by atoms with E-state index in [4.69, 9.17) is 4.74 Å². The van der Waals surface area contributed by atoms with Gasteiger partial charge in [-0.1, -0.05) is 12.1 Å². The molecule has 2 aromatic rings. The maximum Gasteiger partial charge on any atom is 0.225 e. The Morgan fingerprint density at radius 1 is 1.22 bits per heavy atom. The first kappa shape index (κ1) is 19.3. The van der Waals surface area contributed by atoms with Gasteiger partial charge in [-0.25, -0.2) is 0 Å². The number of methoxy groups -OCH3 is 1. The van der Waals surface area contributed by atoms with E-state index in [0.29, 0.717) is 25.1 Å². The molecule has 27 heavy (non-hydrogen) atoms. The van der Waals surface area contributed by atoms with Gasteiger partial charge >= 0.3 is 0 Å². The minimum atomic E-state index is -0.00888. The Bertz CT molecular complexity index is 792. The summed E-state index contributed by atoms with van der Waals surface area (Å²) in [5, 5.41) is 2.95. The van der Waals surface area contributed by atoms with Crippen LogP contribution in [0.15, 0.2) is 53.4 Å². The van der Waals surface area contributed by atoms with E-state index < -0.39 is 0 Å². The van der Waals surface area contributed by atoms with Crippen LogP contribution in [0.4, 0.5) is 5.69 Å². The van der Waals surface area contributed by atoms with E-state index in [1.807, 2.05) is 53.4 Å². The van der Waals surface area contributed by atoms with Gasteiger partial charge in [0.1, 0.15) is 5.75 Å². The molecule has 0 bridgehead atoms. The Labute approximate surface area is 164 Å². The smallest absolute Gasteiger partial charge is 0.225 e. The van der Waals surface area contributed by atoms with Crippen LogP contribution in [0.1, 0.15) is 24.8 Å². The molecular weight excluding hydrogens is 360 g/mol. The molecule has 2 aromatic carbocycles. The van der Waals surface area contributed by atoms with Crippen molar-refractivity contribution in [2.45, 2.75) is 30.7 Å². The normalized spacial score (nSPS) is 13.7. The Kier molecular flexibility index (Phi) is 6.76. The van der Waals surface area contributed by atoms with E-state index in [2.05, 4.69) is 5.32 Å². The lowest BCUT2D eigenvalue weighted by Crippen LogP contribution is -2.23. The topological polar surface area (TPSA) is 58.6 Å². The number of hydrogen-bond donors (Lipinski definition) is 1. The summed E-state index contributed by atoms with van der Waals surface area (Å²) in [5.74, 6) is 1.73. The first-order valence-electron chi connectivity index (χ1n) is 9.07. The SMILES string of the molecule is COc1ccc(SCCC(=O)Nc2cccc(CN3CCCC3=O)c2)cc1. The van der Waals surface area contributed by atoms with Gasteiger partial charge in [0.25, 0.3) is 0 Å². The summed E-state index contributed by atoms with van der Waals surface area (Å²) in [6, 6.07) is 15.5. The Balaban J connectivity index is 1.45. The highest BCUT2D eigenvalue weighted by Crippen LogP contribution is 2.22. The number of ether oxygens (including phenoxy) is 1. The zero-order valence-electron chi connectivity index (χ0n) is 15.4. The molecule has 1 aliphatic rings. The number of anilines is 1. The number of benzene rings is 2. The number of carbonyl (C=O) groups excluding carboxylic acids is 2. The molecular formula is C21H24N2O3S. The van der Waals surface area contributed by atoms with Crippen LogP contribution in [0.5, 0.6) is 5.75 Å². The molecule has 3 rings (SSSR count). The molecule has 0 radical (unpaired) electrons. The fraction of sp³-hybridized carbons (Fsp3) is 0.333. The van der Waals surface area contributed by atoms with Crippen molar-refractivity contribution in [3.8, 4) is 5.75 Å². The highest BCUT2D eigenvalue weighted by molar-refractivity contribution is 7.99. The van der Waals surface area contributed by atoms with Gasteiger partial charge in [0.2, 0.25) is 11.8 Å². The maximum absolute atomic E-state index is 12.2. The van der Waals surface area contributed by atoms with Gasteiger partial charge < -0.3 is 15.0 Å². The van der Waals surface area contributed by atoms with Gasteiger partial charge in [-0.3, -0.25) is 9.59 Å². The molecule has 1 aliphatic heterocycles. The third-order valence-corrected chi connectivity index (χ3v) is 5.43. The van der Waals surface area contributed by atoms with Crippen LogP contribution in [0.25, 0.3) is 0 Å². The molecule has 2 amide bonds. The predicted molar refractivity (Wildman–Crippen MR) is 108 cm³/mol. The molecule has 0 aliphatic carbocycles.